The van der Waals surface area contributed by atoms with Crippen LogP contribution in [0.2, 0.25) is 0 Å². The molecule has 0 saturated heterocycles. The van der Waals surface area contributed by atoms with Crippen LogP contribution in [0.5, 0.6) is 0 Å². The second-order valence-electron chi connectivity index (χ2n) is 7.28. The van der Waals surface area contributed by atoms with Gasteiger partial charge in [0.05, 0.1) is 18.0 Å². The van der Waals surface area contributed by atoms with Crippen molar-refractivity contribution < 1.29 is 13.5 Å². The summed E-state index contributed by atoms with van der Waals surface area (Å²) in [5.74, 6) is 0. The van der Waals surface area contributed by atoms with Crippen LogP contribution in [0.15, 0.2) is 48.5 Å². The highest BCUT2D eigenvalue weighted by Gasteiger charge is 2.17. The molecule has 1 atom stereocenters. The van der Waals surface area contributed by atoms with Crippen LogP contribution in [-0.4, -0.2) is 26.3 Å². The average molecular weight is 405 g/mol. The molecule has 0 amide bonds. The van der Waals surface area contributed by atoms with E-state index in [1.165, 1.54) is 21.8 Å². The van der Waals surface area contributed by atoms with Gasteiger partial charge >= 0.3 is 0 Å². The minimum Gasteiger partial charge on any atom is -0.388 e. The standard InChI is InChI=1S/C22H32N2O3S/c1-4-5-11-22(25)20-12-14-21(15-13-20)24(28(3,26)27)23-16-7-10-19-9-6-8-18(2)17-19/h6,8-9,12-15,17,22-23,25H,4-5,7,10-11,16H2,1-3H3. The van der Waals surface area contributed by atoms with Gasteiger partial charge in [0, 0.05) is 6.54 Å². The van der Waals surface area contributed by atoms with Crippen molar-refractivity contribution >= 4 is 15.7 Å². The number of nitrogens with one attached hydrogen (secondary N) is 1. The number of hydrazine groups is 1. The highest BCUT2D eigenvalue weighted by molar-refractivity contribution is 7.92. The van der Waals surface area contributed by atoms with E-state index in [4.69, 9.17) is 0 Å². The summed E-state index contributed by atoms with van der Waals surface area (Å²) in [5, 5.41) is 10.2. The summed E-state index contributed by atoms with van der Waals surface area (Å²) in [7, 11) is -3.46. The van der Waals surface area contributed by atoms with Gasteiger partial charge in [-0.05, 0) is 49.4 Å². The molecule has 0 aliphatic carbocycles. The molecule has 1 unspecified atom stereocenters. The molecular formula is C22H32N2O3S. The Morgan fingerprint density at radius 3 is 2.43 bits per heavy atom. The maximum absolute atomic E-state index is 12.2. The molecule has 0 heterocycles. The molecule has 28 heavy (non-hydrogen) atoms. The van der Waals surface area contributed by atoms with Crippen LogP contribution < -0.4 is 9.84 Å². The van der Waals surface area contributed by atoms with Gasteiger partial charge in [-0.2, -0.15) is 0 Å². The zero-order valence-corrected chi connectivity index (χ0v) is 17.9. The fourth-order valence-electron chi connectivity index (χ4n) is 3.14. The quantitative estimate of drug-likeness (QED) is 0.437. The predicted molar refractivity (Wildman–Crippen MR) is 116 cm³/mol. The number of aliphatic hydroxyl groups is 1. The lowest BCUT2D eigenvalue weighted by atomic mass is 10.0. The van der Waals surface area contributed by atoms with E-state index < -0.39 is 16.1 Å². The van der Waals surface area contributed by atoms with Crippen molar-refractivity contribution in [2.75, 3.05) is 17.2 Å². The van der Waals surface area contributed by atoms with Gasteiger partial charge in [0.1, 0.15) is 0 Å². The van der Waals surface area contributed by atoms with E-state index >= 15 is 0 Å². The van der Waals surface area contributed by atoms with Crippen molar-refractivity contribution in [3.05, 3.63) is 65.2 Å². The first-order chi connectivity index (χ1) is 13.3. The van der Waals surface area contributed by atoms with Gasteiger partial charge in [-0.25, -0.2) is 18.3 Å². The number of unbranched alkanes of at least 4 members (excludes halogenated alkanes) is 1. The fourth-order valence-corrected chi connectivity index (χ4v) is 3.97. The Morgan fingerprint density at radius 2 is 1.82 bits per heavy atom. The van der Waals surface area contributed by atoms with Gasteiger partial charge in [-0.3, -0.25) is 0 Å². The van der Waals surface area contributed by atoms with Gasteiger partial charge in [0.2, 0.25) is 10.0 Å². The third-order valence-corrected chi connectivity index (χ3v) is 5.66. The van der Waals surface area contributed by atoms with E-state index in [-0.39, 0.29) is 0 Å². The van der Waals surface area contributed by atoms with Gasteiger partial charge in [-0.1, -0.05) is 61.7 Å². The van der Waals surface area contributed by atoms with E-state index in [0.29, 0.717) is 18.7 Å². The van der Waals surface area contributed by atoms with Crippen LogP contribution in [0.3, 0.4) is 0 Å². The van der Waals surface area contributed by atoms with E-state index in [9.17, 15) is 13.5 Å². The first-order valence-electron chi connectivity index (χ1n) is 9.88. The van der Waals surface area contributed by atoms with Gasteiger partial charge in [0.15, 0.2) is 0 Å². The summed E-state index contributed by atoms with van der Waals surface area (Å²) >= 11 is 0. The molecule has 5 nitrogen and oxygen atoms in total. The summed E-state index contributed by atoms with van der Waals surface area (Å²) in [5.41, 5.74) is 6.86. The van der Waals surface area contributed by atoms with Crippen molar-refractivity contribution in [2.24, 2.45) is 0 Å². The predicted octanol–water partition coefficient (Wildman–Crippen LogP) is 4.12. The number of nitrogens with zero attached hydrogens (tertiary/aromatic N) is 1. The topological polar surface area (TPSA) is 69.6 Å². The van der Waals surface area contributed by atoms with Gasteiger partial charge in [-0.15, -0.1) is 0 Å². The molecule has 0 fully saturated rings. The average Bonchev–Trinajstić information content (AvgIpc) is 2.65. The first-order valence-corrected chi connectivity index (χ1v) is 11.7. The molecular weight excluding hydrogens is 372 g/mol. The Kier molecular flexibility index (Phi) is 8.48. The SMILES string of the molecule is CCCCC(O)c1ccc(N(NCCCc2cccc(C)c2)S(C)(=O)=O)cc1. The third-order valence-electron chi connectivity index (χ3n) is 4.66. The largest absolute Gasteiger partial charge is 0.388 e. The highest BCUT2D eigenvalue weighted by Crippen LogP contribution is 2.23. The molecule has 2 aromatic rings. The summed E-state index contributed by atoms with van der Waals surface area (Å²) < 4.78 is 25.6. The minimum atomic E-state index is -3.46. The van der Waals surface area contributed by atoms with Crippen molar-refractivity contribution in [3.63, 3.8) is 0 Å². The molecule has 0 radical (unpaired) electrons. The van der Waals surface area contributed by atoms with Crippen LogP contribution in [0.1, 0.15) is 55.4 Å². The van der Waals surface area contributed by atoms with Crippen molar-refractivity contribution in [3.8, 4) is 0 Å². The number of aliphatic hydroxyl groups excluding tert-OH is 1. The van der Waals surface area contributed by atoms with Crippen molar-refractivity contribution in [1.29, 1.82) is 0 Å². The molecule has 0 saturated carbocycles. The normalized spacial score (nSPS) is 12.7. The number of aryl methyl sites for hydroxylation is 2. The second kappa shape index (κ2) is 10.6. The lowest BCUT2D eigenvalue weighted by molar-refractivity contribution is 0.164. The summed E-state index contributed by atoms with van der Waals surface area (Å²) in [4.78, 5) is 0. The lowest BCUT2D eigenvalue weighted by Gasteiger charge is -2.23. The van der Waals surface area contributed by atoms with E-state index in [1.54, 1.807) is 24.3 Å². The van der Waals surface area contributed by atoms with E-state index in [2.05, 4.69) is 37.5 Å². The Labute approximate surface area is 169 Å². The number of rotatable bonds is 11. The molecule has 0 aliphatic rings. The molecule has 0 bridgehead atoms. The van der Waals surface area contributed by atoms with Gasteiger partial charge in [0.25, 0.3) is 0 Å². The first kappa shape index (κ1) is 22.4. The summed E-state index contributed by atoms with van der Waals surface area (Å²) in [6, 6.07) is 15.4. The van der Waals surface area contributed by atoms with Crippen LogP contribution in [0.4, 0.5) is 5.69 Å². The van der Waals surface area contributed by atoms with Crippen molar-refractivity contribution in [1.82, 2.24) is 5.43 Å². The molecule has 0 aromatic heterocycles. The summed E-state index contributed by atoms with van der Waals surface area (Å²) in [6.45, 7) is 4.70. The van der Waals surface area contributed by atoms with Gasteiger partial charge < -0.3 is 5.11 Å². The maximum atomic E-state index is 12.2. The Bertz CT molecular complexity index is 835. The minimum absolute atomic E-state index is 0.511. The number of benzene rings is 2. The smallest absolute Gasteiger partial charge is 0.245 e. The number of sulfonamides is 1. The molecule has 0 spiro atoms. The molecule has 2 aromatic carbocycles. The van der Waals surface area contributed by atoms with Crippen LogP contribution in [-0.2, 0) is 16.4 Å². The zero-order chi connectivity index (χ0) is 20.6. The number of hydrogen-bond donors (Lipinski definition) is 2. The Balaban J connectivity index is 1.97. The molecule has 6 heteroatoms. The summed E-state index contributed by atoms with van der Waals surface area (Å²) in [6.07, 6.45) is 5.08. The van der Waals surface area contributed by atoms with E-state index in [0.717, 1.165) is 31.2 Å². The Morgan fingerprint density at radius 1 is 1.11 bits per heavy atom. The Hall–Kier alpha value is -1.89. The van der Waals surface area contributed by atoms with E-state index in [1.807, 2.05) is 6.07 Å². The maximum Gasteiger partial charge on any atom is 0.245 e. The number of anilines is 1. The third kappa shape index (κ3) is 6.93. The molecule has 2 N–H and O–H groups in total. The molecule has 2 rings (SSSR count). The zero-order valence-electron chi connectivity index (χ0n) is 17.1. The van der Waals surface area contributed by atoms with Crippen LogP contribution in [0, 0.1) is 6.92 Å². The molecule has 0 aliphatic heterocycles. The van der Waals surface area contributed by atoms with Crippen LogP contribution >= 0.6 is 0 Å². The number of hydrogen-bond acceptors (Lipinski definition) is 4. The second-order valence-corrected chi connectivity index (χ2v) is 9.11. The fraction of sp³-hybridized carbons (Fsp3) is 0.455. The van der Waals surface area contributed by atoms with Crippen molar-refractivity contribution in [2.45, 2.75) is 52.1 Å². The highest BCUT2D eigenvalue weighted by atomic mass is 32.2. The monoisotopic (exact) mass is 404 g/mol. The van der Waals surface area contributed by atoms with Crippen LogP contribution in [0.25, 0.3) is 0 Å². The lowest BCUT2D eigenvalue weighted by Crippen LogP contribution is -2.43. The molecule has 154 valence electrons.